The molecule has 2 N–H and O–H groups in total. The minimum Gasteiger partial charge on any atom is -0.494 e. The van der Waals surface area contributed by atoms with Gasteiger partial charge < -0.3 is 20.2 Å². The molecule has 0 saturated heterocycles. The lowest BCUT2D eigenvalue weighted by atomic mass is 9.81. The van der Waals surface area contributed by atoms with Crippen LogP contribution in [0.4, 0.5) is 4.39 Å². The zero-order chi connectivity index (χ0) is 24.9. The maximum absolute atomic E-state index is 13.6. The van der Waals surface area contributed by atoms with Gasteiger partial charge in [-0.1, -0.05) is 11.2 Å². The first-order chi connectivity index (χ1) is 16.8. The fourth-order valence-electron chi connectivity index (χ4n) is 4.64. The van der Waals surface area contributed by atoms with E-state index in [0.29, 0.717) is 35.1 Å². The first-order valence-corrected chi connectivity index (χ1v) is 11.8. The highest BCUT2D eigenvalue weighted by atomic mass is 19.1. The van der Waals surface area contributed by atoms with E-state index in [0.717, 1.165) is 25.7 Å². The zero-order valence-corrected chi connectivity index (χ0v) is 20.1. The Morgan fingerprint density at radius 2 is 1.94 bits per heavy atom. The smallest absolute Gasteiger partial charge is 0.270 e. The number of nitrogens with one attached hydrogen (secondary N) is 2. The Morgan fingerprint density at radius 1 is 1.17 bits per heavy atom. The predicted molar refractivity (Wildman–Crippen MR) is 126 cm³/mol. The first-order valence-electron chi connectivity index (χ1n) is 11.8. The molecule has 1 aromatic carbocycles. The third-order valence-electron chi connectivity index (χ3n) is 6.43. The molecule has 2 heterocycles. The highest BCUT2D eigenvalue weighted by Gasteiger charge is 2.34. The topological polar surface area (TPSA) is 115 Å². The molecular weight excluding hydrogens is 453 g/mol. The van der Waals surface area contributed by atoms with Gasteiger partial charge in [-0.3, -0.25) is 9.59 Å². The molecule has 186 valence electrons. The third kappa shape index (κ3) is 6.12. The van der Waals surface area contributed by atoms with Crippen LogP contribution in [0.1, 0.15) is 66.6 Å². The number of methoxy groups -OCH3 is 1. The Balaban J connectivity index is 1.36. The highest BCUT2D eigenvalue weighted by molar-refractivity contribution is 6.01. The molecule has 0 bridgehead atoms. The van der Waals surface area contributed by atoms with Crippen LogP contribution in [-0.2, 0) is 16.2 Å². The number of hydrogen-bond acceptors (Lipinski definition) is 7. The maximum atomic E-state index is 13.6. The molecule has 9 nitrogen and oxygen atoms in total. The van der Waals surface area contributed by atoms with Crippen LogP contribution in [0.15, 0.2) is 29.4 Å². The van der Waals surface area contributed by atoms with Crippen LogP contribution in [0.25, 0.3) is 0 Å². The van der Waals surface area contributed by atoms with E-state index in [4.69, 9.17) is 9.57 Å². The second-order valence-corrected chi connectivity index (χ2v) is 9.04. The van der Waals surface area contributed by atoms with E-state index < -0.39 is 5.82 Å². The van der Waals surface area contributed by atoms with E-state index in [1.165, 1.54) is 13.2 Å². The van der Waals surface area contributed by atoms with Crippen molar-refractivity contribution in [2.24, 2.45) is 11.1 Å². The molecule has 1 atom stereocenters. The Kier molecular flexibility index (Phi) is 7.57. The zero-order valence-electron chi connectivity index (χ0n) is 20.1. The standard InChI is InChI=1S/C25H30FN5O4/c1-14-28-20(21-12-23(35-31-21)17-5-7-18(8-6-17)30-15(2)32)11-22(29-14)25(33)27-13-16-4-9-19(26)24(10-16)34-3/h4,9-11,17-18,23H,5-8,12-13H2,1-3H3,(H,27,33)(H,30,32)/t17-,18-,23-/m0/s1. The molecule has 2 amide bonds. The fourth-order valence-corrected chi connectivity index (χ4v) is 4.64. The minimum absolute atomic E-state index is 0.00699. The van der Waals surface area contributed by atoms with Gasteiger partial charge in [-0.15, -0.1) is 0 Å². The molecule has 35 heavy (non-hydrogen) atoms. The Morgan fingerprint density at radius 3 is 2.66 bits per heavy atom. The number of carbonyl (C=O) groups is 2. The van der Waals surface area contributed by atoms with Crippen molar-refractivity contribution in [3.05, 3.63) is 52.9 Å². The summed E-state index contributed by atoms with van der Waals surface area (Å²) in [6, 6.07) is 6.27. The third-order valence-corrected chi connectivity index (χ3v) is 6.43. The molecule has 1 aliphatic heterocycles. The molecule has 4 rings (SSSR count). The van der Waals surface area contributed by atoms with Gasteiger partial charge in [-0.2, -0.15) is 0 Å². The van der Waals surface area contributed by atoms with E-state index in [2.05, 4.69) is 25.8 Å². The number of ether oxygens (including phenoxy) is 1. The maximum Gasteiger partial charge on any atom is 0.270 e. The lowest BCUT2D eigenvalue weighted by Crippen LogP contribution is -2.38. The van der Waals surface area contributed by atoms with Crippen molar-refractivity contribution in [3.8, 4) is 5.75 Å². The average Bonchev–Trinajstić information content (AvgIpc) is 3.33. The van der Waals surface area contributed by atoms with Crippen LogP contribution < -0.4 is 15.4 Å². The van der Waals surface area contributed by atoms with Gasteiger partial charge in [-0.25, -0.2) is 14.4 Å². The molecule has 1 aliphatic carbocycles. The number of hydrogen-bond donors (Lipinski definition) is 2. The molecule has 0 unspecified atom stereocenters. The number of rotatable bonds is 7. The summed E-state index contributed by atoms with van der Waals surface area (Å²) >= 11 is 0. The van der Waals surface area contributed by atoms with Gasteiger partial charge in [0.15, 0.2) is 11.6 Å². The van der Waals surface area contributed by atoms with E-state index in [1.54, 1.807) is 32.0 Å². The van der Waals surface area contributed by atoms with Gasteiger partial charge in [0.25, 0.3) is 5.91 Å². The molecule has 10 heteroatoms. The molecule has 1 fully saturated rings. The summed E-state index contributed by atoms with van der Waals surface area (Å²) in [4.78, 5) is 38.5. The van der Waals surface area contributed by atoms with Gasteiger partial charge >= 0.3 is 0 Å². The van der Waals surface area contributed by atoms with Gasteiger partial charge in [-0.05, 0) is 62.3 Å². The van der Waals surface area contributed by atoms with E-state index in [-0.39, 0.29) is 41.9 Å². The lowest BCUT2D eigenvalue weighted by molar-refractivity contribution is -0.120. The number of halogens is 1. The Hall–Kier alpha value is -3.56. The quantitative estimate of drug-likeness (QED) is 0.626. The number of aryl methyl sites for hydroxylation is 1. The molecule has 0 radical (unpaired) electrons. The van der Waals surface area contributed by atoms with Gasteiger partial charge in [0, 0.05) is 25.9 Å². The largest absolute Gasteiger partial charge is 0.494 e. The molecule has 2 aliphatic rings. The summed E-state index contributed by atoms with van der Waals surface area (Å²) < 4.78 is 18.6. The van der Waals surface area contributed by atoms with Crippen LogP contribution >= 0.6 is 0 Å². The number of benzene rings is 1. The van der Waals surface area contributed by atoms with Crippen molar-refractivity contribution in [3.63, 3.8) is 0 Å². The van der Waals surface area contributed by atoms with Crippen LogP contribution in [0, 0.1) is 18.7 Å². The number of carbonyl (C=O) groups excluding carboxylic acids is 2. The van der Waals surface area contributed by atoms with E-state index >= 15 is 0 Å². The summed E-state index contributed by atoms with van der Waals surface area (Å²) in [5, 5.41) is 10.1. The second-order valence-electron chi connectivity index (χ2n) is 9.04. The van der Waals surface area contributed by atoms with Crippen molar-refractivity contribution < 1.29 is 23.6 Å². The molecule has 1 saturated carbocycles. The molecule has 0 spiro atoms. The molecule has 1 aromatic heterocycles. The van der Waals surface area contributed by atoms with Gasteiger partial charge in [0.1, 0.15) is 23.3 Å². The molecular formula is C25H30FN5O4. The van der Waals surface area contributed by atoms with Crippen molar-refractivity contribution >= 4 is 17.5 Å². The van der Waals surface area contributed by atoms with Crippen molar-refractivity contribution in [2.45, 2.75) is 64.6 Å². The predicted octanol–water partition coefficient (Wildman–Crippen LogP) is 3.05. The molecule has 2 aromatic rings. The number of amides is 2. The summed E-state index contributed by atoms with van der Waals surface area (Å²) in [5.41, 5.74) is 2.19. The Labute approximate surface area is 203 Å². The van der Waals surface area contributed by atoms with Crippen molar-refractivity contribution in [2.75, 3.05) is 7.11 Å². The number of aromatic nitrogens is 2. The highest BCUT2D eigenvalue weighted by Crippen LogP contribution is 2.33. The number of nitrogens with zero attached hydrogens (tertiary/aromatic N) is 3. The second kappa shape index (κ2) is 10.8. The minimum atomic E-state index is -0.461. The SMILES string of the molecule is COc1cc(CNC(=O)c2cc(C3=NO[C@H]([C@H]4CC[C@H](NC(C)=O)CC4)C3)nc(C)n2)ccc1F. The summed E-state index contributed by atoms with van der Waals surface area (Å²) in [7, 11) is 1.39. The first kappa shape index (κ1) is 24.6. The summed E-state index contributed by atoms with van der Waals surface area (Å²) in [5.74, 6) is 0.115. The van der Waals surface area contributed by atoms with Gasteiger partial charge in [0.2, 0.25) is 5.91 Å². The monoisotopic (exact) mass is 483 g/mol. The van der Waals surface area contributed by atoms with Crippen LogP contribution in [-0.4, -0.2) is 46.7 Å². The summed E-state index contributed by atoms with van der Waals surface area (Å²) in [6.45, 7) is 3.47. The fraction of sp³-hybridized carbons (Fsp3) is 0.480. The van der Waals surface area contributed by atoms with E-state index in [1.807, 2.05) is 0 Å². The summed E-state index contributed by atoms with van der Waals surface area (Å²) in [6.07, 6.45) is 4.35. The van der Waals surface area contributed by atoms with Crippen LogP contribution in [0.3, 0.4) is 0 Å². The normalized spacial score (nSPS) is 21.6. The van der Waals surface area contributed by atoms with Crippen molar-refractivity contribution in [1.82, 2.24) is 20.6 Å². The van der Waals surface area contributed by atoms with Crippen LogP contribution in [0.5, 0.6) is 5.75 Å². The number of oxime groups is 1. The van der Waals surface area contributed by atoms with Gasteiger partial charge in [0.05, 0.1) is 12.8 Å². The Bertz CT molecular complexity index is 1130. The van der Waals surface area contributed by atoms with Crippen molar-refractivity contribution in [1.29, 1.82) is 0 Å². The average molecular weight is 484 g/mol. The van der Waals surface area contributed by atoms with Crippen LogP contribution in [0.2, 0.25) is 0 Å². The van der Waals surface area contributed by atoms with E-state index in [9.17, 15) is 14.0 Å². The lowest BCUT2D eigenvalue weighted by Gasteiger charge is -2.31.